The zero-order valence-corrected chi connectivity index (χ0v) is 9.77. The standard InChI is InChI=1S/C10H15NO5/c1-9(13-3)10(2,14-4)16-8(12)7(15-9)5-6-11/h7H,5H2,1-4H3/t7-,9+,10+/m1/s1. The molecule has 0 aliphatic carbocycles. The summed E-state index contributed by atoms with van der Waals surface area (Å²) < 4.78 is 20.9. The molecule has 1 aliphatic rings. The van der Waals surface area contributed by atoms with Gasteiger partial charge >= 0.3 is 5.97 Å². The molecule has 16 heavy (non-hydrogen) atoms. The SMILES string of the molecule is CO[C@@]1(C)OC(=O)[C@@H](CC#N)O[C@]1(C)OC. The summed E-state index contributed by atoms with van der Waals surface area (Å²) >= 11 is 0. The van der Waals surface area contributed by atoms with Crippen molar-refractivity contribution in [2.24, 2.45) is 0 Å². The number of methoxy groups -OCH3 is 2. The van der Waals surface area contributed by atoms with Crippen LogP contribution < -0.4 is 0 Å². The molecule has 0 amide bonds. The summed E-state index contributed by atoms with van der Waals surface area (Å²) in [6, 6.07) is 1.85. The molecule has 0 aromatic carbocycles. The molecule has 6 nitrogen and oxygen atoms in total. The van der Waals surface area contributed by atoms with Gasteiger partial charge in [-0.15, -0.1) is 0 Å². The van der Waals surface area contributed by atoms with Crippen molar-refractivity contribution in [1.82, 2.24) is 0 Å². The normalized spacial score (nSPS) is 38.9. The van der Waals surface area contributed by atoms with E-state index in [1.54, 1.807) is 6.92 Å². The van der Waals surface area contributed by atoms with Crippen LogP contribution in [0.2, 0.25) is 0 Å². The highest BCUT2D eigenvalue weighted by Gasteiger charge is 2.57. The molecule has 0 spiro atoms. The second-order valence-electron chi connectivity index (χ2n) is 3.69. The van der Waals surface area contributed by atoms with Crippen LogP contribution in [0.25, 0.3) is 0 Å². The molecule has 0 unspecified atom stereocenters. The van der Waals surface area contributed by atoms with Gasteiger partial charge < -0.3 is 18.9 Å². The largest absolute Gasteiger partial charge is 0.425 e. The number of rotatable bonds is 3. The summed E-state index contributed by atoms with van der Waals surface area (Å²) in [6.07, 6.45) is -1.03. The third kappa shape index (κ3) is 1.89. The summed E-state index contributed by atoms with van der Waals surface area (Å²) in [5.41, 5.74) is 0. The number of esters is 1. The van der Waals surface area contributed by atoms with Crippen molar-refractivity contribution in [2.75, 3.05) is 14.2 Å². The van der Waals surface area contributed by atoms with Crippen molar-refractivity contribution in [3.8, 4) is 6.07 Å². The van der Waals surface area contributed by atoms with Crippen molar-refractivity contribution in [1.29, 1.82) is 5.26 Å². The predicted octanol–water partition coefficient (Wildman–Crippen LogP) is 0.567. The van der Waals surface area contributed by atoms with Gasteiger partial charge in [0.1, 0.15) is 0 Å². The lowest BCUT2D eigenvalue weighted by atomic mass is 10.1. The lowest BCUT2D eigenvalue weighted by molar-refractivity contribution is -0.405. The minimum absolute atomic E-state index is 0.0857. The number of hydrogen-bond acceptors (Lipinski definition) is 6. The van der Waals surface area contributed by atoms with E-state index in [1.165, 1.54) is 21.1 Å². The van der Waals surface area contributed by atoms with E-state index in [-0.39, 0.29) is 6.42 Å². The molecule has 0 aromatic heterocycles. The quantitative estimate of drug-likeness (QED) is 0.658. The Hall–Kier alpha value is -1.16. The molecule has 6 heteroatoms. The van der Waals surface area contributed by atoms with Gasteiger partial charge in [0.15, 0.2) is 6.10 Å². The summed E-state index contributed by atoms with van der Waals surface area (Å²) in [7, 11) is 2.80. The van der Waals surface area contributed by atoms with Crippen LogP contribution in [-0.4, -0.2) is 37.9 Å². The highest BCUT2D eigenvalue weighted by molar-refractivity contribution is 5.76. The Morgan fingerprint density at radius 3 is 2.38 bits per heavy atom. The molecular formula is C10H15NO5. The molecule has 0 aromatic rings. The fourth-order valence-corrected chi connectivity index (χ4v) is 1.45. The second-order valence-corrected chi connectivity index (χ2v) is 3.69. The van der Waals surface area contributed by atoms with E-state index in [9.17, 15) is 4.79 Å². The van der Waals surface area contributed by atoms with E-state index in [1.807, 2.05) is 6.07 Å². The van der Waals surface area contributed by atoms with Gasteiger partial charge in [0, 0.05) is 21.1 Å². The average Bonchev–Trinajstić information content (AvgIpc) is 2.26. The van der Waals surface area contributed by atoms with Crippen LogP contribution in [-0.2, 0) is 23.7 Å². The van der Waals surface area contributed by atoms with Gasteiger partial charge in [-0.05, 0) is 6.92 Å². The molecule has 1 rings (SSSR count). The Morgan fingerprint density at radius 1 is 1.38 bits per heavy atom. The number of nitrogens with zero attached hydrogens (tertiary/aromatic N) is 1. The van der Waals surface area contributed by atoms with Gasteiger partial charge in [-0.25, -0.2) is 4.79 Å². The van der Waals surface area contributed by atoms with E-state index in [4.69, 9.17) is 24.2 Å². The van der Waals surface area contributed by atoms with Crippen molar-refractivity contribution in [2.45, 2.75) is 37.9 Å². The Balaban J connectivity index is 2.97. The van der Waals surface area contributed by atoms with Crippen LogP contribution in [0.15, 0.2) is 0 Å². The number of ether oxygens (including phenoxy) is 4. The van der Waals surface area contributed by atoms with Gasteiger partial charge in [-0.1, -0.05) is 0 Å². The van der Waals surface area contributed by atoms with Crippen LogP contribution >= 0.6 is 0 Å². The molecule has 1 aliphatic heterocycles. The van der Waals surface area contributed by atoms with Crippen LogP contribution in [0.1, 0.15) is 20.3 Å². The Kier molecular flexibility index (Phi) is 3.53. The van der Waals surface area contributed by atoms with Crippen LogP contribution in [0, 0.1) is 11.3 Å². The third-order valence-electron chi connectivity index (χ3n) is 2.81. The maximum atomic E-state index is 11.5. The fourth-order valence-electron chi connectivity index (χ4n) is 1.45. The van der Waals surface area contributed by atoms with E-state index < -0.39 is 23.6 Å². The minimum atomic E-state index is -1.33. The maximum absolute atomic E-state index is 11.5. The lowest BCUT2D eigenvalue weighted by Gasteiger charge is -2.47. The monoisotopic (exact) mass is 229 g/mol. The smallest absolute Gasteiger partial charge is 0.339 e. The molecule has 0 radical (unpaired) electrons. The molecule has 1 heterocycles. The topological polar surface area (TPSA) is 77.8 Å². The first-order valence-electron chi connectivity index (χ1n) is 4.80. The van der Waals surface area contributed by atoms with E-state index >= 15 is 0 Å². The van der Waals surface area contributed by atoms with Crippen LogP contribution in [0.5, 0.6) is 0 Å². The maximum Gasteiger partial charge on any atom is 0.339 e. The highest BCUT2D eigenvalue weighted by atomic mass is 16.8. The highest BCUT2D eigenvalue weighted by Crippen LogP contribution is 2.37. The summed E-state index contributed by atoms with van der Waals surface area (Å²) in [5, 5.41) is 8.56. The molecule has 1 fully saturated rings. The average molecular weight is 229 g/mol. The number of cyclic esters (lactones) is 1. The van der Waals surface area contributed by atoms with Crippen LogP contribution in [0.4, 0.5) is 0 Å². The first kappa shape index (κ1) is 12.9. The van der Waals surface area contributed by atoms with Crippen LogP contribution in [0.3, 0.4) is 0 Å². The van der Waals surface area contributed by atoms with E-state index in [0.717, 1.165) is 0 Å². The van der Waals surface area contributed by atoms with Crippen molar-refractivity contribution in [3.05, 3.63) is 0 Å². The van der Waals surface area contributed by atoms with Crippen molar-refractivity contribution >= 4 is 5.97 Å². The zero-order valence-electron chi connectivity index (χ0n) is 9.77. The number of hydrogen-bond donors (Lipinski definition) is 0. The van der Waals surface area contributed by atoms with E-state index in [0.29, 0.717) is 0 Å². The first-order valence-corrected chi connectivity index (χ1v) is 4.80. The number of nitriles is 1. The Labute approximate surface area is 94.0 Å². The lowest BCUT2D eigenvalue weighted by Crippen LogP contribution is -2.64. The van der Waals surface area contributed by atoms with E-state index in [2.05, 4.69) is 0 Å². The van der Waals surface area contributed by atoms with Gasteiger partial charge in [0.25, 0.3) is 5.79 Å². The van der Waals surface area contributed by atoms with Gasteiger partial charge in [-0.2, -0.15) is 5.26 Å². The Bertz CT molecular complexity index is 326. The van der Waals surface area contributed by atoms with Gasteiger partial charge in [0.2, 0.25) is 5.79 Å². The molecule has 90 valence electrons. The van der Waals surface area contributed by atoms with Crippen molar-refractivity contribution in [3.63, 3.8) is 0 Å². The zero-order chi connectivity index (χ0) is 12.4. The molecular weight excluding hydrogens is 214 g/mol. The summed E-state index contributed by atoms with van der Waals surface area (Å²) in [6.45, 7) is 3.13. The second kappa shape index (κ2) is 4.37. The number of carbonyl (C=O) groups is 1. The summed E-state index contributed by atoms with van der Waals surface area (Å²) in [4.78, 5) is 11.5. The first-order chi connectivity index (χ1) is 7.42. The molecule has 0 N–H and O–H groups in total. The molecule has 1 saturated heterocycles. The van der Waals surface area contributed by atoms with Gasteiger partial charge in [-0.3, -0.25) is 0 Å². The van der Waals surface area contributed by atoms with Crippen molar-refractivity contribution < 1.29 is 23.7 Å². The minimum Gasteiger partial charge on any atom is -0.425 e. The number of carbonyl (C=O) groups excluding carboxylic acids is 1. The third-order valence-corrected chi connectivity index (χ3v) is 2.81. The fraction of sp³-hybridized carbons (Fsp3) is 0.800. The Morgan fingerprint density at radius 2 is 1.94 bits per heavy atom. The molecule has 3 atom stereocenters. The van der Waals surface area contributed by atoms with Gasteiger partial charge in [0.05, 0.1) is 12.5 Å². The summed E-state index contributed by atoms with van der Waals surface area (Å²) in [5.74, 6) is -3.19. The predicted molar refractivity (Wildman–Crippen MR) is 52.0 cm³/mol. The molecule has 0 saturated carbocycles. The molecule has 0 bridgehead atoms.